The van der Waals surface area contributed by atoms with Gasteiger partial charge >= 0.3 is 0 Å². The number of aliphatic hydroxyl groups is 1. The summed E-state index contributed by atoms with van der Waals surface area (Å²) in [6.45, 7) is 2.95. The average Bonchev–Trinajstić information content (AvgIpc) is 2.75. The molecule has 1 fully saturated rings. The second-order valence-corrected chi connectivity index (χ2v) is 4.93. The van der Waals surface area contributed by atoms with Crippen LogP contribution in [0.1, 0.15) is 30.4 Å². The molecule has 1 aliphatic rings. The van der Waals surface area contributed by atoms with Crippen LogP contribution in [0.5, 0.6) is 0 Å². The summed E-state index contributed by atoms with van der Waals surface area (Å²) < 4.78 is 13.0. The molecule has 2 unspecified atom stereocenters. The number of hydrogen-bond donors (Lipinski definition) is 2. The van der Waals surface area contributed by atoms with E-state index in [-0.39, 0.29) is 12.4 Å². The van der Waals surface area contributed by atoms with E-state index < -0.39 is 0 Å². The van der Waals surface area contributed by atoms with E-state index in [9.17, 15) is 9.50 Å². The first-order valence-corrected chi connectivity index (χ1v) is 6.30. The van der Waals surface area contributed by atoms with Gasteiger partial charge in [0.1, 0.15) is 5.82 Å². The molecule has 0 aliphatic heterocycles. The Morgan fingerprint density at radius 3 is 2.94 bits per heavy atom. The molecule has 17 heavy (non-hydrogen) atoms. The zero-order valence-corrected chi connectivity index (χ0v) is 10.2. The molecule has 1 saturated carbocycles. The Labute approximate surface area is 102 Å². The molecule has 2 N–H and O–H groups in total. The summed E-state index contributed by atoms with van der Waals surface area (Å²) in [7, 11) is 0. The van der Waals surface area contributed by atoms with Gasteiger partial charge < -0.3 is 10.4 Å². The standard InChI is InChI=1S/C14H20FNO/c1-10-7-13(15)6-5-11(10)8-16-14-4-2-3-12(14)9-17/h5-7,12,14,16-17H,2-4,8-9H2,1H3. The van der Waals surface area contributed by atoms with Crippen LogP contribution < -0.4 is 5.32 Å². The van der Waals surface area contributed by atoms with Crippen molar-refractivity contribution in [3.8, 4) is 0 Å². The molecule has 0 spiro atoms. The first-order valence-electron chi connectivity index (χ1n) is 6.30. The van der Waals surface area contributed by atoms with Crippen molar-refractivity contribution < 1.29 is 9.50 Å². The summed E-state index contributed by atoms with van der Waals surface area (Å²) in [6, 6.07) is 5.31. The van der Waals surface area contributed by atoms with E-state index in [0.29, 0.717) is 12.0 Å². The number of aliphatic hydroxyl groups excluding tert-OH is 1. The first-order chi connectivity index (χ1) is 8.20. The molecule has 1 aromatic carbocycles. The summed E-state index contributed by atoms with van der Waals surface area (Å²) >= 11 is 0. The lowest BCUT2D eigenvalue weighted by Crippen LogP contribution is -2.33. The van der Waals surface area contributed by atoms with Crippen molar-refractivity contribution in [1.29, 1.82) is 0 Å². The van der Waals surface area contributed by atoms with E-state index in [1.807, 2.05) is 13.0 Å². The fourth-order valence-electron chi connectivity index (χ4n) is 2.62. The topological polar surface area (TPSA) is 32.3 Å². The highest BCUT2D eigenvalue weighted by atomic mass is 19.1. The number of hydrogen-bond acceptors (Lipinski definition) is 2. The molecule has 2 atom stereocenters. The van der Waals surface area contributed by atoms with Gasteiger partial charge in [0.25, 0.3) is 0 Å². The Bertz CT molecular complexity index is 380. The predicted molar refractivity (Wildman–Crippen MR) is 66.2 cm³/mol. The molecule has 94 valence electrons. The smallest absolute Gasteiger partial charge is 0.123 e. The highest BCUT2D eigenvalue weighted by Gasteiger charge is 2.25. The highest BCUT2D eigenvalue weighted by molar-refractivity contribution is 5.26. The Hall–Kier alpha value is -0.930. The van der Waals surface area contributed by atoms with Crippen LogP contribution in [0.3, 0.4) is 0 Å². The van der Waals surface area contributed by atoms with Crippen LogP contribution in [0.25, 0.3) is 0 Å². The van der Waals surface area contributed by atoms with Gasteiger partial charge in [-0.2, -0.15) is 0 Å². The minimum absolute atomic E-state index is 0.180. The number of benzene rings is 1. The molecular weight excluding hydrogens is 217 g/mol. The number of aryl methyl sites for hydroxylation is 1. The molecule has 0 heterocycles. The van der Waals surface area contributed by atoms with Crippen molar-refractivity contribution in [2.75, 3.05) is 6.61 Å². The Morgan fingerprint density at radius 2 is 2.24 bits per heavy atom. The molecule has 1 aliphatic carbocycles. The Kier molecular flexibility index (Phi) is 4.13. The van der Waals surface area contributed by atoms with E-state index in [4.69, 9.17) is 0 Å². The van der Waals surface area contributed by atoms with Crippen LogP contribution in [-0.4, -0.2) is 17.8 Å². The van der Waals surface area contributed by atoms with Gasteiger partial charge in [0.05, 0.1) is 0 Å². The van der Waals surface area contributed by atoms with Gasteiger partial charge in [-0.25, -0.2) is 4.39 Å². The van der Waals surface area contributed by atoms with Crippen LogP contribution in [-0.2, 0) is 6.54 Å². The monoisotopic (exact) mass is 237 g/mol. The molecule has 0 bridgehead atoms. The maximum absolute atomic E-state index is 13.0. The van der Waals surface area contributed by atoms with E-state index in [1.165, 1.54) is 12.5 Å². The van der Waals surface area contributed by atoms with Crippen molar-refractivity contribution in [3.05, 3.63) is 35.1 Å². The maximum Gasteiger partial charge on any atom is 0.123 e. The SMILES string of the molecule is Cc1cc(F)ccc1CNC1CCCC1CO. The second-order valence-electron chi connectivity index (χ2n) is 4.93. The zero-order chi connectivity index (χ0) is 12.3. The average molecular weight is 237 g/mol. The fraction of sp³-hybridized carbons (Fsp3) is 0.571. The van der Waals surface area contributed by atoms with Gasteiger partial charge in [0.2, 0.25) is 0 Å². The lowest BCUT2D eigenvalue weighted by atomic mass is 10.0. The third-order valence-electron chi connectivity index (χ3n) is 3.75. The quantitative estimate of drug-likeness (QED) is 0.842. The van der Waals surface area contributed by atoms with E-state index in [0.717, 1.165) is 30.5 Å². The van der Waals surface area contributed by atoms with Crippen LogP contribution in [0.4, 0.5) is 4.39 Å². The van der Waals surface area contributed by atoms with Gasteiger partial charge in [-0.3, -0.25) is 0 Å². The van der Waals surface area contributed by atoms with Crippen LogP contribution in [0, 0.1) is 18.7 Å². The Balaban J connectivity index is 1.93. The third-order valence-corrected chi connectivity index (χ3v) is 3.75. The molecule has 1 aromatic rings. The number of nitrogens with one attached hydrogen (secondary N) is 1. The molecule has 0 amide bonds. The summed E-state index contributed by atoms with van der Waals surface area (Å²) in [6.07, 6.45) is 3.42. The summed E-state index contributed by atoms with van der Waals surface area (Å²) in [4.78, 5) is 0. The van der Waals surface area contributed by atoms with Crippen LogP contribution >= 0.6 is 0 Å². The fourth-order valence-corrected chi connectivity index (χ4v) is 2.62. The second kappa shape index (κ2) is 5.61. The van der Waals surface area contributed by atoms with Crippen LogP contribution in [0.2, 0.25) is 0 Å². The molecule has 2 rings (SSSR count). The molecule has 3 heteroatoms. The van der Waals surface area contributed by atoms with E-state index >= 15 is 0 Å². The van der Waals surface area contributed by atoms with Crippen molar-refractivity contribution in [2.24, 2.45) is 5.92 Å². The molecule has 0 radical (unpaired) electrons. The third kappa shape index (κ3) is 3.05. The van der Waals surface area contributed by atoms with Crippen molar-refractivity contribution in [3.63, 3.8) is 0 Å². The minimum atomic E-state index is -0.180. The molecular formula is C14H20FNO. The molecule has 0 aromatic heterocycles. The van der Waals surface area contributed by atoms with Gasteiger partial charge in [0, 0.05) is 19.2 Å². The lowest BCUT2D eigenvalue weighted by Gasteiger charge is -2.19. The largest absolute Gasteiger partial charge is 0.396 e. The molecule has 0 saturated heterocycles. The summed E-state index contributed by atoms with van der Waals surface area (Å²) in [5.74, 6) is 0.205. The van der Waals surface area contributed by atoms with Crippen molar-refractivity contribution >= 4 is 0 Å². The predicted octanol–water partition coefficient (Wildman–Crippen LogP) is 2.38. The highest BCUT2D eigenvalue weighted by Crippen LogP contribution is 2.25. The normalized spacial score (nSPS) is 24.2. The van der Waals surface area contributed by atoms with Crippen molar-refractivity contribution in [2.45, 2.75) is 38.8 Å². The Morgan fingerprint density at radius 1 is 1.41 bits per heavy atom. The van der Waals surface area contributed by atoms with Gasteiger partial charge in [-0.05, 0) is 48.9 Å². The number of halogens is 1. The maximum atomic E-state index is 13.0. The van der Waals surface area contributed by atoms with Crippen molar-refractivity contribution in [1.82, 2.24) is 5.32 Å². The summed E-state index contributed by atoms with van der Waals surface area (Å²) in [5, 5.41) is 12.7. The van der Waals surface area contributed by atoms with Gasteiger partial charge in [-0.15, -0.1) is 0 Å². The number of rotatable bonds is 4. The lowest BCUT2D eigenvalue weighted by molar-refractivity contribution is 0.205. The van der Waals surface area contributed by atoms with Gasteiger partial charge in [0.15, 0.2) is 0 Å². The minimum Gasteiger partial charge on any atom is -0.396 e. The van der Waals surface area contributed by atoms with Crippen LogP contribution in [0.15, 0.2) is 18.2 Å². The zero-order valence-electron chi connectivity index (χ0n) is 10.2. The van der Waals surface area contributed by atoms with E-state index in [1.54, 1.807) is 6.07 Å². The first kappa shape index (κ1) is 12.5. The summed E-state index contributed by atoms with van der Waals surface area (Å²) in [5.41, 5.74) is 2.12. The van der Waals surface area contributed by atoms with Gasteiger partial charge in [-0.1, -0.05) is 12.5 Å². The van der Waals surface area contributed by atoms with E-state index in [2.05, 4.69) is 5.32 Å². The molecule has 2 nitrogen and oxygen atoms in total.